The molecule has 2 aromatic rings. The van der Waals surface area contributed by atoms with Crippen LogP contribution in [0.1, 0.15) is 53.2 Å². The van der Waals surface area contributed by atoms with Crippen molar-refractivity contribution in [3.05, 3.63) is 70.8 Å². The number of hydrogen-bond donors (Lipinski definition) is 0. The highest BCUT2D eigenvalue weighted by Gasteiger charge is 2.32. The first-order valence-electron chi connectivity index (χ1n) is 8.94. The van der Waals surface area contributed by atoms with Crippen LogP contribution in [0.2, 0.25) is 0 Å². The van der Waals surface area contributed by atoms with E-state index in [9.17, 15) is 9.59 Å². The predicted molar refractivity (Wildman–Crippen MR) is 109 cm³/mol. The highest BCUT2D eigenvalue weighted by Crippen LogP contribution is 2.26. The van der Waals surface area contributed by atoms with Gasteiger partial charge in [0.05, 0.1) is 6.61 Å². The molecule has 0 heterocycles. The zero-order valence-corrected chi connectivity index (χ0v) is 17.3. The van der Waals surface area contributed by atoms with Gasteiger partial charge in [0.2, 0.25) is 0 Å². The Bertz CT molecular complexity index is 736. The molecular formula is C22H27O4P. The van der Waals surface area contributed by atoms with Gasteiger partial charge in [0.25, 0.3) is 0 Å². The average molecular weight is 386 g/mol. The third-order valence-corrected chi connectivity index (χ3v) is 4.30. The molecule has 0 aromatic heterocycles. The highest BCUT2D eigenvalue weighted by molar-refractivity contribution is 7.00. The van der Waals surface area contributed by atoms with Gasteiger partial charge in [0, 0.05) is 5.56 Å². The Kier molecular flexibility index (Phi) is 9.60. The van der Waals surface area contributed by atoms with Crippen LogP contribution in [-0.4, -0.2) is 18.4 Å². The fourth-order valence-electron chi connectivity index (χ4n) is 2.87. The molecule has 0 aliphatic heterocycles. The van der Waals surface area contributed by atoms with Crippen molar-refractivity contribution in [3.8, 4) is 0 Å². The standard InChI is InChI=1S/C22H26O3.HOP/c1-15(2)13-14-25-22(24)20(18-11-6-5-7-12-18)21(23)19-16(3)9-8-10-17(19)4;1-2/h5-12,15,20H,13-14H2,1-4H3;2H. The number of rotatable bonds is 7. The maximum absolute atomic E-state index is 13.2. The van der Waals surface area contributed by atoms with E-state index in [0.29, 0.717) is 23.7 Å². The lowest BCUT2D eigenvalue weighted by Gasteiger charge is -2.18. The van der Waals surface area contributed by atoms with Crippen molar-refractivity contribution in [1.82, 2.24) is 0 Å². The molecule has 0 saturated carbocycles. The number of benzene rings is 2. The van der Waals surface area contributed by atoms with Crippen LogP contribution in [-0.2, 0) is 14.1 Å². The number of carbonyl (C=O) groups is 2. The van der Waals surface area contributed by atoms with E-state index in [1.807, 2.05) is 50.2 Å². The lowest BCUT2D eigenvalue weighted by atomic mass is 9.87. The van der Waals surface area contributed by atoms with E-state index >= 15 is 0 Å². The van der Waals surface area contributed by atoms with Gasteiger partial charge in [-0.15, -0.1) is 0 Å². The molecule has 0 radical (unpaired) electrons. The second kappa shape index (κ2) is 11.4. The molecule has 4 nitrogen and oxygen atoms in total. The van der Waals surface area contributed by atoms with Crippen LogP contribution in [0.3, 0.4) is 0 Å². The second-order valence-corrected chi connectivity index (χ2v) is 6.82. The largest absolute Gasteiger partial charge is 0.465 e. The summed E-state index contributed by atoms with van der Waals surface area (Å²) in [4.78, 5) is 25.9. The van der Waals surface area contributed by atoms with Crippen molar-refractivity contribution in [3.63, 3.8) is 0 Å². The molecular weight excluding hydrogens is 359 g/mol. The topological polar surface area (TPSA) is 60.4 Å². The van der Waals surface area contributed by atoms with E-state index in [2.05, 4.69) is 13.8 Å². The molecule has 0 amide bonds. The van der Waals surface area contributed by atoms with E-state index in [1.54, 1.807) is 21.3 Å². The first kappa shape index (κ1) is 22.7. The Morgan fingerprint density at radius 2 is 1.48 bits per heavy atom. The number of hydrogen-bond acceptors (Lipinski definition) is 4. The molecule has 0 bridgehead atoms. The molecule has 0 aliphatic carbocycles. The predicted octanol–water partition coefficient (Wildman–Crippen LogP) is 5.33. The SMILES string of the molecule is Cc1cccc(C)c1C(=O)C(C(=O)OCCC(C)C)c1ccccc1.O=P. The van der Waals surface area contributed by atoms with Crippen LogP contribution in [0.25, 0.3) is 0 Å². The maximum Gasteiger partial charge on any atom is 0.321 e. The summed E-state index contributed by atoms with van der Waals surface area (Å²) in [6.45, 7) is 8.27. The molecule has 27 heavy (non-hydrogen) atoms. The third-order valence-electron chi connectivity index (χ3n) is 4.30. The summed E-state index contributed by atoms with van der Waals surface area (Å²) in [5.41, 5.74) is 3.03. The summed E-state index contributed by atoms with van der Waals surface area (Å²) in [5, 5.41) is 0. The van der Waals surface area contributed by atoms with Crippen LogP contribution >= 0.6 is 9.12 Å². The molecule has 0 spiro atoms. The van der Waals surface area contributed by atoms with Gasteiger partial charge in [0.15, 0.2) is 5.78 Å². The quantitative estimate of drug-likeness (QED) is 0.279. The Morgan fingerprint density at radius 1 is 0.926 bits per heavy atom. The summed E-state index contributed by atoms with van der Waals surface area (Å²) in [5.74, 6) is -1.15. The van der Waals surface area contributed by atoms with Crippen molar-refractivity contribution in [2.24, 2.45) is 5.92 Å². The van der Waals surface area contributed by atoms with Crippen molar-refractivity contribution in [2.75, 3.05) is 6.61 Å². The van der Waals surface area contributed by atoms with Crippen molar-refractivity contribution in [1.29, 1.82) is 0 Å². The minimum absolute atomic E-state index is 0.198. The molecule has 1 unspecified atom stereocenters. The van der Waals surface area contributed by atoms with Gasteiger partial charge >= 0.3 is 5.97 Å². The highest BCUT2D eigenvalue weighted by atomic mass is 31.0. The monoisotopic (exact) mass is 386 g/mol. The number of ketones is 1. The molecule has 0 aliphatic rings. The van der Waals surface area contributed by atoms with E-state index in [1.165, 1.54) is 0 Å². The van der Waals surface area contributed by atoms with Crippen molar-refractivity contribution in [2.45, 2.75) is 40.0 Å². The summed E-state index contributed by atoms with van der Waals surface area (Å²) in [6, 6.07) is 14.9. The normalized spacial score (nSPS) is 11.3. The van der Waals surface area contributed by atoms with Gasteiger partial charge in [-0.1, -0.05) is 62.4 Å². The molecule has 0 fully saturated rings. The van der Waals surface area contributed by atoms with Gasteiger partial charge in [-0.25, -0.2) is 0 Å². The number of aryl methyl sites for hydroxylation is 2. The number of carbonyl (C=O) groups excluding carboxylic acids is 2. The summed E-state index contributed by atoms with van der Waals surface area (Å²) < 4.78 is 13.5. The van der Waals surface area contributed by atoms with Gasteiger partial charge in [-0.2, -0.15) is 0 Å². The minimum Gasteiger partial charge on any atom is -0.465 e. The van der Waals surface area contributed by atoms with Crippen molar-refractivity contribution < 1.29 is 18.9 Å². The second-order valence-electron chi connectivity index (χ2n) is 6.82. The number of esters is 1. The Balaban J connectivity index is 0.00000176. The Labute approximate surface area is 163 Å². The fraction of sp³-hybridized carbons (Fsp3) is 0.364. The lowest BCUT2D eigenvalue weighted by molar-refractivity contribution is -0.144. The van der Waals surface area contributed by atoms with Crippen LogP contribution in [0.15, 0.2) is 48.5 Å². The zero-order chi connectivity index (χ0) is 20.4. The average Bonchev–Trinajstić information content (AvgIpc) is 2.64. The number of Topliss-reactive ketones (excluding diaryl/α,β-unsaturated/α-hetero) is 1. The van der Waals surface area contributed by atoms with Gasteiger partial charge in [-0.05, 0) is 42.9 Å². The fourth-order valence-corrected chi connectivity index (χ4v) is 2.87. The van der Waals surface area contributed by atoms with Crippen LogP contribution in [0, 0.1) is 19.8 Å². The molecule has 2 rings (SSSR count). The van der Waals surface area contributed by atoms with Gasteiger partial charge in [0.1, 0.15) is 15.0 Å². The first-order chi connectivity index (χ1) is 12.9. The molecule has 2 aromatic carbocycles. The van der Waals surface area contributed by atoms with Crippen LogP contribution in [0.4, 0.5) is 0 Å². The first-order valence-corrected chi connectivity index (χ1v) is 9.35. The van der Waals surface area contributed by atoms with Gasteiger partial charge in [-0.3, -0.25) is 14.2 Å². The third kappa shape index (κ3) is 6.41. The van der Waals surface area contributed by atoms with Crippen LogP contribution in [0.5, 0.6) is 0 Å². The summed E-state index contributed by atoms with van der Waals surface area (Å²) >= 11 is 0. The van der Waals surface area contributed by atoms with E-state index in [-0.39, 0.29) is 5.78 Å². The molecule has 0 saturated heterocycles. The molecule has 5 heteroatoms. The lowest BCUT2D eigenvalue weighted by Crippen LogP contribution is -2.26. The van der Waals surface area contributed by atoms with E-state index in [0.717, 1.165) is 17.5 Å². The Hall–Kier alpha value is -2.32. The smallest absolute Gasteiger partial charge is 0.321 e. The van der Waals surface area contributed by atoms with Crippen molar-refractivity contribution >= 4 is 20.9 Å². The molecule has 0 N–H and O–H groups in total. The number of ether oxygens (including phenoxy) is 1. The zero-order valence-electron chi connectivity index (χ0n) is 16.3. The molecule has 144 valence electrons. The summed E-state index contributed by atoms with van der Waals surface area (Å²) in [7, 11) is 1.72. The maximum atomic E-state index is 13.2. The minimum atomic E-state index is -0.923. The van der Waals surface area contributed by atoms with Crippen LogP contribution < -0.4 is 0 Å². The van der Waals surface area contributed by atoms with E-state index < -0.39 is 11.9 Å². The Morgan fingerprint density at radius 3 is 2.00 bits per heavy atom. The summed E-state index contributed by atoms with van der Waals surface area (Å²) in [6.07, 6.45) is 0.783. The molecule has 1 atom stereocenters. The van der Waals surface area contributed by atoms with Gasteiger partial charge < -0.3 is 4.74 Å². The van der Waals surface area contributed by atoms with E-state index in [4.69, 9.17) is 9.30 Å².